The van der Waals surface area contributed by atoms with Crippen LogP contribution in [-0.4, -0.2) is 18.3 Å². The molecule has 0 spiro atoms. The number of ether oxygens (including phenoxy) is 1. The lowest BCUT2D eigenvalue weighted by Gasteiger charge is -2.06. The fraction of sp³-hybridized carbons (Fsp3) is 0.500. The van der Waals surface area contributed by atoms with Gasteiger partial charge in [-0.05, 0) is 30.5 Å². The van der Waals surface area contributed by atoms with Crippen molar-refractivity contribution in [1.29, 1.82) is 0 Å². The van der Waals surface area contributed by atoms with Gasteiger partial charge in [0.2, 0.25) is 0 Å². The van der Waals surface area contributed by atoms with Crippen LogP contribution in [0.2, 0.25) is 0 Å². The summed E-state index contributed by atoms with van der Waals surface area (Å²) in [6.07, 6.45) is 0.477. The van der Waals surface area contributed by atoms with E-state index >= 15 is 0 Å². The Bertz CT molecular complexity index is 344. The average Bonchev–Trinajstić information content (AvgIpc) is 2.30. The standard InChI is InChI=1S/C14H20O2S/c1-4-16-14(15)9-10-17-13-7-5-12(6-8-13)11(2)3/h5-8,11H,4,9-10H2,1-3H3. The molecular weight excluding hydrogens is 232 g/mol. The predicted octanol–water partition coefficient (Wildman–Crippen LogP) is 3.86. The second kappa shape index (κ2) is 7.38. The second-order valence-corrected chi connectivity index (χ2v) is 5.30. The maximum absolute atomic E-state index is 11.1. The second-order valence-electron chi connectivity index (χ2n) is 4.13. The third-order valence-corrected chi connectivity index (χ3v) is 3.44. The van der Waals surface area contributed by atoms with Crippen molar-refractivity contribution in [2.24, 2.45) is 0 Å². The summed E-state index contributed by atoms with van der Waals surface area (Å²) in [6.45, 7) is 6.66. The molecule has 0 N–H and O–H groups in total. The Balaban J connectivity index is 2.35. The van der Waals surface area contributed by atoms with Crippen LogP contribution in [-0.2, 0) is 9.53 Å². The van der Waals surface area contributed by atoms with E-state index in [2.05, 4.69) is 38.1 Å². The Morgan fingerprint density at radius 3 is 2.47 bits per heavy atom. The number of carbonyl (C=O) groups excluding carboxylic acids is 1. The topological polar surface area (TPSA) is 26.3 Å². The van der Waals surface area contributed by atoms with E-state index in [0.29, 0.717) is 18.9 Å². The molecule has 0 aliphatic carbocycles. The fourth-order valence-electron chi connectivity index (χ4n) is 1.43. The highest BCUT2D eigenvalue weighted by atomic mass is 32.2. The first-order valence-corrected chi connectivity index (χ1v) is 7.00. The van der Waals surface area contributed by atoms with Crippen LogP contribution in [0.4, 0.5) is 0 Å². The van der Waals surface area contributed by atoms with E-state index in [1.54, 1.807) is 11.8 Å². The molecule has 0 heterocycles. The largest absolute Gasteiger partial charge is 0.466 e. The molecule has 0 aliphatic rings. The molecule has 17 heavy (non-hydrogen) atoms. The maximum atomic E-state index is 11.1. The van der Waals surface area contributed by atoms with Crippen molar-refractivity contribution in [3.8, 4) is 0 Å². The first kappa shape index (κ1) is 14.1. The smallest absolute Gasteiger partial charge is 0.306 e. The Kier molecular flexibility index (Phi) is 6.12. The Hall–Kier alpha value is -0.960. The van der Waals surface area contributed by atoms with E-state index in [1.165, 1.54) is 10.5 Å². The monoisotopic (exact) mass is 252 g/mol. The molecule has 3 heteroatoms. The molecule has 0 bridgehead atoms. The van der Waals surface area contributed by atoms with Crippen LogP contribution in [0.25, 0.3) is 0 Å². The van der Waals surface area contributed by atoms with Gasteiger partial charge in [0, 0.05) is 10.6 Å². The van der Waals surface area contributed by atoms with Gasteiger partial charge in [-0.2, -0.15) is 0 Å². The molecule has 0 unspecified atom stereocenters. The summed E-state index contributed by atoms with van der Waals surface area (Å²) in [5.41, 5.74) is 1.35. The minimum Gasteiger partial charge on any atom is -0.466 e. The van der Waals surface area contributed by atoms with Crippen LogP contribution in [0.3, 0.4) is 0 Å². The molecule has 0 atom stereocenters. The molecule has 0 saturated carbocycles. The van der Waals surface area contributed by atoms with Gasteiger partial charge in [-0.1, -0.05) is 26.0 Å². The minimum absolute atomic E-state index is 0.112. The van der Waals surface area contributed by atoms with Crippen LogP contribution in [0, 0.1) is 0 Å². The molecule has 1 aromatic carbocycles. The average molecular weight is 252 g/mol. The zero-order chi connectivity index (χ0) is 12.7. The van der Waals surface area contributed by atoms with Gasteiger partial charge in [-0.15, -0.1) is 11.8 Å². The summed E-state index contributed by atoms with van der Waals surface area (Å²) in [5, 5.41) is 0. The lowest BCUT2D eigenvalue weighted by molar-refractivity contribution is -0.142. The number of rotatable bonds is 6. The van der Waals surface area contributed by atoms with Gasteiger partial charge in [-0.25, -0.2) is 0 Å². The molecule has 0 aliphatic heterocycles. The highest BCUT2D eigenvalue weighted by molar-refractivity contribution is 7.99. The minimum atomic E-state index is -0.112. The lowest BCUT2D eigenvalue weighted by atomic mass is 10.0. The van der Waals surface area contributed by atoms with E-state index < -0.39 is 0 Å². The first-order valence-electron chi connectivity index (χ1n) is 6.02. The van der Waals surface area contributed by atoms with Crippen molar-refractivity contribution in [2.45, 2.75) is 38.0 Å². The Morgan fingerprint density at radius 1 is 1.29 bits per heavy atom. The van der Waals surface area contributed by atoms with Crippen LogP contribution in [0.5, 0.6) is 0 Å². The van der Waals surface area contributed by atoms with Gasteiger partial charge in [0.25, 0.3) is 0 Å². The molecule has 0 fully saturated rings. The van der Waals surface area contributed by atoms with Gasteiger partial charge < -0.3 is 4.74 Å². The SMILES string of the molecule is CCOC(=O)CCSc1ccc(C(C)C)cc1. The summed E-state index contributed by atoms with van der Waals surface area (Å²) >= 11 is 1.69. The van der Waals surface area contributed by atoms with E-state index in [-0.39, 0.29) is 5.97 Å². The van der Waals surface area contributed by atoms with Crippen molar-refractivity contribution < 1.29 is 9.53 Å². The molecule has 1 rings (SSSR count). The van der Waals surface area contributed by atoms with Crippen molar-refractivity contribution in [3.05, 3.63) is 29.8 Å². The van der Waals surface area contributed by atoms with Crippen LogP contribution < -0.4 is 0 Å². The highest BCUT2D eigenvalue weighted by Crippen LogP contribution is 2.22. The van der Waals surface area contributed by atoms with Gasteiger partial charge in [0.05, 0.1) is 13.0 Å². The van der Waals surface area contributed by atoms with Gasteiger partial charge in [0.1, 0.15) is 0 Å². The normalized spacial score (nSPS) is 10.6. The van der Waals surface area contributed by atoms with E-state index in [9.17, 15) is 4.79 Å². The summed E-state index contributed by atoms with van der Waals surface area (Å²) in [7, 11) is 0. The van der Waals surface area contributed by atoms with Gasteiger partial charge >= 0.3 is 5.97 Å². The number of thioether (sulfide) groups is 1. The molecule has 94 valence electrons. The molecule has 0 radical (unpaired) electrons. The van der Waals surface area contributed by atoms with Gasteiger partial charge in [-0.3, -0.25) is 4.79 Å². The van der Waals surface area contributed by atoms with Gasteiger partial charge in [0.15, 0.2) is 0 Å². The summed E-state index contributed by atoms with van der Waals surface area (Å²) in [6, 6.07) is 8.53. The molecule has 0 saturated heterocycles. The van der Waals surface area contributed by atoms with Crippen molar-refractivity contribution in [1.82, 2.24) is 0 Å². The number of benzene rings is 1. The first-order chi connectivity index (χ1) is 8.13. The van der Waals surface area contributed by atoms with Crippen molar-refractivity contribution in [3.63, 3.8) is 0 Å². The maximum Gasteiger partial charge on any atom is 0.306 e. The molecule has 0 amide bonds. The van der Waals surface area contributed by atoms with E-state index in [0.717, 1.165) is 5.75 Å². The summed E-state index contributed by atoms with van der Waals surface area (Å²) in [5.74, 6) is 1.23. The summed E-state index contributed by atoms with van der Waals surface area (Å²) < 4.78 is 4.88. The zero-order valence-corrected chi connectivity index (χ0v) is 11.5. The van der Waals surface area contributed by atoms with E-state index in [4.69, 9.17) is 4.74 Å². The molecule has 1 aromatic rings. The van der Waals surface area contributed by atoms with Crippen LogP contribution in [0.15, 0.2) is 29.2 Å². The van der Waals surface area contributed by atoms with E-state index in [1.807, 2.05) is 6.92 Å². The highest BCUT2D eigenvalue weighted by Gasteiger charge is 2.03. The van der Waals surface area contributed by atoms with Crippen LogP contribution >= 0.6 is 11.8 Å². The zero-order valence-electron chi connectivity index (χ0n) is 10.7. The summed E-state index contributed by atoms with van der Waals surface area (Å²) in [4.78, 5) is 12.3. The molecular formula is C14H20O2S. The number of esters is 1. The number of carbonyl (C=O) groups is 1. The number of hydrogen-bond acceptors (Lipinski definition) is 3. The quantitative estimate of drug-likeness (QED) is 0.568. The predicted molar refractivity (Wildman–Crippen MR) is 72.5 cm³/mol. The third kappa shape index (κ3) is 5.26. The Morgan fingerprint density at radius 2 is 1.94 bits per heavy atom. The number of hydrogen-bond donors (Lipinski definition) is 0. The van der Waals surface area contributed by atoms with Crippen molar-refractivity contribution >= 4 is 17.7 Å². The Labute approximate surface area is 108 Å². The fourth-order valence-corrected chi connectivity index (χ4v) is 2.27. The lowest BCUT2D eigenvalue weighted by Crippen LogP contribution is -2.04. The van der Waals surface area contributed by atoms with Crippen molar-refractivity contribution in [2.75, 3.05) is 12.4 Å². The molecule has 2 nitrogen and oxygen atoms in total. The van der Waals surface area contributed by atoms with Crippen LogP contribution in [0.1, 0.15) is 38.7 Å². The molecule has 0 aromatic heterocycles. The third-order valence-electron chi connectivity index (χ3n) is 2.43.